The predicted octanol–water partition coefficient (Wildman–Crippen LogP) is 1.59. The molecule has 0 aromatic rings. The van der Waals surface area contributed by atoms with Gasteiger partial charge in [-0.05, 0) is 13.8 Å². The lowest BCUT2D eigenvalue weighted by Gasteiger charge is -2.06. The van der Waals surface area contributed by atoms with E-state index in [1.165, 1.54) is 13.8 Å². The summed E-state index contributed by atoms with van der Waals surface area (Å²) < 4.78 is 14.2. The van der Waals surface area contributed by atoms with Crippen molar-refractivity contribution in [2.24, 2.45) is 0 Å². The van der Waals surface area contributed by atoms with Crippen molar-refractivity contribution in [1.29, 1.82) is 0 Å². The fourth-order valence-corrected chi connectivity index (χ4v) is 0.827. The van der Waals surface area contributed by atoms with E-state index in [-0.39, 0.29) is 10.8 Å². The average Bonchev–Trinajstić information content (AvgIpc) is 1.60. The van der Waals surface area contributed by atoms with Crippen molar-refractivity contribution in [2.45, 2.75) is 13.8 Å². The number of phosphoric acid groups is 1. The zero-order valence-electron chi connectivity index (χ0n) is 5.54. The number of halogens is 1. The minimum absolute atomic E-state index is 0.0370. The fraction of sp³-hybridized carbons (Fsp3) is 0.500. The van der Waals surface area contributed by atoms with Crippen molar-refractivity contribution in [3.8, 4) is 0 Å². The summed E-state index contributed by atoms with van der Waals surface area (Å²) in [6, 6.07) is 0. The lowest BCUT2D eigenvalue weighted by Crippen LogP contribution is -1.86. The van der Waals surface area contributed by atoms with Gasteiger partial charge in [-0.15, -0.1) is 0 Å². The van der Waals surface area contributed by atoms with E-state index in [0.29, 0.717) is 0 Å². The zero-order chi connectivity index (χ0) is 8.36. The van der Waals surface area contributed by atoms with Crippen LogP contribution in [-0.4, -0.2) is 9.79 Å². The highest BCUT2D eigenvalue weighted by Gasteiger charge is 2.15. The number of hydrogen-bond acceptors (Lipinski definition) is 2. The third-order valence-corrected chi connectivity index (χ3v) is 1.52. The fourth-order valence-electron chi connectivity index (χ4n) is 0.241. The maximum absolute atomic E-state index is 10.1. The molecular formula is C4H8ClO4P. The van der Waals surface area contributed by atoms with Gasteiger partial charge in [0.05, 0.1) is 5.03 Å². The lowest BCUT2D eigenvalue weighted by atomic mass is 10.5. The molecule has 10 heavy (non-hydrogen) atoms. The van der Waals surface area contributed by atoms with Crippen LogP contribution in [0.1, 0.15) is 13.8 Å². The van der Waals surface area contributed by atoms with Gasteiger partial charge in [0.25, 0.3) is 0 Å². The predicted molar refractivity (Wildman–Crippen MR) is 37.4 cm³/mol. The number of phosphoric ester groups is 1. The van der Waals surface area contributed by atoms with Crippen molar-refractivity contribution in [3.63, 3.8) is 0 Å². The van der Waals surface area contributed by atoms with Crippen LogP contribution >= 0.6 is 19.4 Å². The van der Waals surface area contributed by atoms with E-state index < -0.39 is 7.82 Å². The highest BCUT2D eigenvalue weighted by atomic mass is 35.5. The first-order valence-electron chi connectivity index (χ1n) is 2.41. The molecule has 0 aromatic carbocycles. The Morgan fingerprint density at radius 3 is 2.00 bits per heavy atom. The maximum Gasteiger partial charge on any atom is 0.524 e. The smallest absolute Gasteiger partial charge is 0.408 e. The first kappa shape index (κ1) is 9.98. The first-order valence-corrected chi connectivity index (χ1v) is 4.32. The van der Waals surface area contributed by atoms with Gasteiger partial charge in [-0.1, -0.05) is 11.6 Å². The van der Waals surface area contributed by atoms with E-state index >= 15 is 0 Å². The Hall–Kier alpha value is -0.0200. The second-order valence-corrected chi connectivity index (χ2v) is 3.40. The standard InChI is InChI=1S/C4H8ClO4P/c1-3(5)4(2)9-10(6,7)8/h1-2H3,(H2,6,7,8). The van der Waals surface area contributed by atoms with Crippen LogP contribution in [0, 0.1) is 0 Å². The molecule has 0 unspecified atom stereocenters. The highest BCUT2D eigenvalue weighted by molar-refractivity contribution is 7.46. The summed E-state index contributed by atoms with van der Waals surface area (Å²) in [4.78, 5) is 16.5. The number of hydrogen-bond donors (Lipinski definition) is 2. The Bertz CT molecular complexity index is 189. The first-order chi connectivity index (χ1) is 4.33. The second-order valence-electron chi connectivity index (χ2n) is 1.67. The van der Waals surface area contributed by atoms with Crippen molar-refractivity contribution >= 4 is 19.4 Å². The summed E-state index contributed by atoms with van der Waals surface area (Å²) in [5, 5.41) is 0.225. The molecule has 0 aliphatic heterocycles. The molecule has 0 rings (SSSR count). The lowest BCUT2D eigenvalue weighted by molar-refractivity contribution is 0.242. The van der Waals surface area contributed by atoms with E-state index in [4.69, 9.17) is 21.4 Å². The van der Waals surface area contributed by atoms with Crippen LogP contribution in [-0.2, 0) is 9.09 Å². The van der Waals surface area contributed by atoms with Crippen LogP contribution in [0.2, 0.25) is 0 Å². The molecule has 0 amide bonds. The Balaban J connectivity index is 4.20. The molecule has 6 heteroatoms. The second kappa shape index (κ2) is 3.39. The molecular weight excluding hydrogens is 178 g/mol. The van der Waals surface area contributed by atoms with E-state index in [1.807, 2.05) is 0 Å². The topological polar surface area (TPSA) is 66.8 Å². The van der Waals surface area contributed by atoms with Gasteiger partial charge in [0.1, 0.15) is 5.76 Å². The van der Waals surface area contributed by atoms with E-state index in [1.54, 1.807) is 0 Å². The van der Waals surface area contributed by atoms with E-state index in [0.717, 1.165) is 0 Å². The molecule has 2 N–H and O–H groups in total. The molecule has 60 valence electrons. The molecule has 0 aromatic heterocycles. The summed E-state index contributed by atoms with van der Waals surface area (Å²) in [6.07, 6.45) is 0. The van der Waals surface area contributed by atoms with Crippen molar-refractivity contribution in [1.82, 2.24) is 0 Å². The van der Waals surface area contributed by atoms with Gasteiger partial charge in [-0.2, -0.15) is 0 Å². The van der Waals surface area contributed by atoms with Crippen LogP contribution in [0.3, 0.4) is 0 Å². The van der Waals surface area contributed by atoms with Gasteiger partial charge in [0, 0.05) is 0 Å². The molecule has 0 aliphatic rings. The molecule has 0 saturated carbocycles. The van der Waals surface area contributed by atoms with E-state index in [9.17, 15) is 4.57 Å². The summed E-state index contributed by atoms with van der Waals surface area (Å²) >= 11 is 5.35. The molecule has 4 nitrogen and oxygen atoms in total. The Kier molecular flexibility index (Phi) is 3.39. The molecule has 0 bridgehead atoms. The minimum Gasteiger partial charge on any atom is -0.408 e. The summed E-state index contributed by atoms with van der Waals surface area (Å²) in [5.74, 6) is 0.0370. The van der Waals surface area contributed by atoms with E-state index in [2.05, 4.69) is 4.52 Å². The minimum atomic E-state index is -4.42. The van der Waals surface area contributed by atoms with Gasteiger partial charge in [0.15, 0.2) is 0 Å². The molecule has 0 spiro atoms. The maximum atomic E-state index is 10.1. The quantitative estimate of drug-likeness (QED) is 0.508. The molecule has 0 atom stereocenters. The molecule has 0 fully saturated rings. The third-order valence-electron chi connectivity index (χ3n) is 0.741. The van der Waals surface area contributed by atoms with Gasteiger partial charge >= 0.3 is 7.82 Å². The van der Waals surface area contributed by atoms with Crippen LogP contribution < -0.4 is 0 Å². The largest absolute Gasteiger partial charge is 0.524 e. The van der Waals surface area contributed by atoms with Crippen molar-refractivity contribution in [3.05, 3.63) is 10.8 Å². The Morgan fingerprint density at radius 1 is 1.50 bits per heavy atom. The normalized spacial score (nSPS) is 14.5. The van der Waals surface area contributed by atoms with Crippen LogP contribution in [0.15, 0.2) is 10.8 Å². The third kappa shape index (κ3) is 4.82. The number of rotatable bonds is 2. The Morgan fingerprint density at radius 2 is 1.90 bits per heavy atom. The summed E-state index contributed by atoms with van der Waals surface area (Å²) in [6.45, 7) is 2.86. The summed E-state index contributed by atoms with van der Waals surface area (Å²) in [5.41, 5.74) is 0. The van der Waals surface area contributed by atoms with Crippen LogP contribution in [0.25, 0.3) is 0 Å². The van der Waals surface area contributed by atoms with Crippen molar-refractivity contribution in [2.75, 3.05) is 0 Å². The molecule has 0 aliphatic carbocycles. The van der Waals surface area contributed by atoms with Gasteiger partial charge in [0.2, 0.25) is 0 Å². The monoisotopic (exact) mass is 186 g/mol. The molecule has 0 heterocycles. The van der Waals surface area contributed by atoms with Gasteiger partial charge < -0.3 is 4.52 Å². The van der Waals surface area contributed by atoms with Gasteiger partial charge in [-0.3, -0.25) is 9.79 Å². The molecule has 0 radical (unpaired) electrons. The van der Waals surface area contributed by atoms with Crippen LogP contribution in [0.5, 0.6) is 0 Å². The average molecular weight is 187 g/mol. The van der Waals surface area contributed by atoms with Gasteiger partial charge in [-0.25, -0.2) is 4.57 Å². The molecule has 0 saturated heterocycles. The zero-order valence-corrected chi connectivity index (χ0v) is 7.19. The van der Waals surface area contributed by atoms with Crippen LogP contribution in [0.4, 0.5) is 0 Å². The number of allylic oxidation sites excluding steroid dienone is 2. The Labute approximate surface area is 63.7 Å². The van der Waals surface area contributed by atoms with Crippen molar-refractivity contribution < 1.29 is 18.9 Å². The highest BCUT2D eigenvalue weighted by Crippen LogP contribution is 2.39. The SMILES string of the molecule is CC(Cl)=C(C)OP(=O)(O)O. The summed E-state index contributed by atoms with van der Waals surface area (Å²) in [7, 11) is -4.42.